The molecule has 1 fully saturated rings. The van der Waals surface area contributed by atoms with Crippen LogP contribution >= 0.6 is 11.3 Å². The molecule has 1 aromatic heterocycles. The highest BCUT2D eigenvalue weighted by atomic mass is 32.1. The summed E-state index contributed by atoms with van der Waals surface area (Å²) in [6.07, 6.45) is 5.30. The Hall–Kier alpha value is -1.39. The largest absolute Gasteiger partial charge is 0.477 e. The number of hydrogen-bond donors (Lipinski definition) is 2. The Kier molecular flexibility index (Phi) is 4.03. The lowest BCUT2D eigenvalue weighted by molar-refractivity contribution is 0.0701. The average molecular weight is 289 g/mol. The van der Waals surface area contributed by atoms with Gasteiger partial charge < -0.3 is 10.4 Å². The number of fused-ring (bicyclic) bond motifs is 1. The van der Waals surface area contributed by atoms with E-state index in [0.29, 0.717) is 11.4 Å². The minimum Gasteiger partial charge on any atom is -0.477 e. The molecule has 3 rings (SSSR count). The van der Waals surface area contributed by atoms with Crippen LogP contribution in [0.1, 0.15) is 40.9 Å². The molecule has 1 heterocycles. The van der Waals surface area contributed by atoms with E-state index in [1.807, 2.05) is 24.3 Å². The molecule has 0 amide bonds. The number of nitrogens with one attached hydrogen (secondary N) is 1. The summed E-state index contributed by atoms with van der Waals surface area (Å²) in [5, 5.41) is 13.8. The minimum absolute atomic E-state index is 0.473. The molecule has 1 aliphatic carbocycles. The van der Waals surface area contributed by atoms with Gasteiger partial charge in [-0.05, 0) is 42.3 Å². The van der Waals surface area contributed by atoms with Crippen LogP contribution in [-0.2, 0) is 6.54 Å². The Morgan fingerprint density at radius 2 is 2.15 bits per heavy atom. The van der Waals surface area contributed by atoms with E-state index < -0.39 is 5.97 Å². The number of carboxylic acids is 1. The van der Waals surface area contributed by atoms with Crippen molar-refractivity contribution < 1.29 is 9.90 Å². The Labute approximate surface area is 122 Å². The van der Waals surface area contributed by atoms with Gasteiger partial charge >= 0.3 is 5.97 Å². The number of thiophene rings is 1. The average Bonchev–Trinajstić information content (AvgIpc) is 3.19. The SMILES string of the molecule is O=C(O)c1sc2ccccc2c1CNCCCC1CC1. The molecule has 3 nitrogen and oxygen atoms in total. The van der Waals surface area contributed by atoms with Gasteiger partial charge in [-0.25, -0.2) is 4.79 Å². The van der Waals surface area contributed by atoms with Gasteiger partial charge in [0.05, 0.1) is 0 Å². The Balaban J connectivity index is 1.68. The number of rotatable bonds is 7. The van der Waals surface area contributed by atoms with Crippen molar-refractivity contribution in [2.75, 3.05) is 6.54 Å². The molecule has 0 atom stereocenters. The van der Waals surface area contributed by atoms with Gasteiger partial charge in [-0.15, -0.1) is 11.3 Å². The first-order valence-corrected chi connectivity index (χ1v) is 8.02. The van der Waals surface area contributed by atoms with Crippen molar-refractivity contribution in [1.29, 1.82) is 0 Å². The predicted octanol–water partition coefficient (Wildman–Crippen LogP) is 3.88. The molecule has 1 saturated carbocycles. The van der Waals surface area contributed by atoms with Gasteiger partial charge in [-0.1, -0.05) is 31.0 Å². The molecule has 2 N–H and O–H groups in total. The van der Waals surface area contributed by atoms with Crippen molar-refractivity contribution >= 4 is 27.4 Å². The van der Waals surface area contributed by atoms with Crippen molar-refractivity contribution in [3.8, 4) is 0 Å². The number of carbonyl (C=O) groups is 1. The van der Waals surface area contributed by atoms with Crippen molar-refractivity contribution in [1.82, 2.24) is 5.32 Å². The third-order valence-corrected chi connectivity index (χ3v) is 5.06. The van der Waals surface area contributed by atoms with Crippen LogP contribution < -0.4 is 5.32 Å². The van der Waals surface area contributed by atoms with Crippen molar-refractivity contribution in [3.63, 3.8) is 0 Å². The zero-order valence-corrected chi connectivity index (χ0v) is 12.2. The Morgan fingerprint density at radius 3 is 2.90 bits per heavy atom. The summed E-state index contributed by atoms with van der Waals surface area (Å²) in [5.74, 6) is 0.148. The normalized spacial score (nSPS) is 14.8. The first-order valence-electron chi connectivity index (χ1n) is 7.20. The molecule has 106 valence electrons. The first kappa shape index (κ1) is 13.6. The fourth-order valence-corrected chi connectivity index (χ4v) is 3.64. The van der Waals surface area contributed by atoms with Crippen molar-refractivity contribution in [2.45, 2.75) is 32.2 Å². The highest BCUT2D eigenvalue weighted by Gasteiger charge is 2.20. The van der Waals surface area contributed by atoms with E-state index in [9.17, 15) is 9.90 Å². The number of carboxylic acid groups (broad SMARTS) is 1. The van der Waals surface area contributed by atoms with Gasteiger partial charge in [0.1, 0.15) is 4.88 Å². The second kappa shape index (κ2) is 5.94. The predicted molar refractivity (Wildman–Crippen MR) is 82.4 cm³/mol. The molecule has 0 unspecified atom stereocenters. The highest BCUT2D eigenvalue weighted by molar-refractivity contribution is 7.21. The highest BCUT2D eigenvalue weighted by Crippen LogP contribution is 2.33. The van der Waals surface area contributed by atoms with E-state index in [4.69, 9.17) is 0 Å². The van der Waals surface area contributed by atoms with Crippen molar-refractivity contribution in [3.05, 3.63) is 34.7 Å². The van der Waals surface area contributed by atoms with E-state index in [-0.39, 0.29) is 0 Å². The van der Waals surface area contributed by atoms with E-state index >= 15 is 0 Å². The van der Waals surface area contributed by atoms with Crippen LogP contribution in [0, 0.1) is 5.92 Å². The third kappa shape index (κ3) is 3.02. The summed E-state index contributed by atoms with van der Waals surface area (Å²) in [6, 6.07) is 7.93. The first-order chi connectivity index (χ1) is 9.75. The Morgan fingerprint density at radius 1 is 1.35 bits per heavy atom. The van der Waals surface area contributed by atoms with Gasteiger partial charge in [-0.2, -0.15) is 0 Å². The molecule has 0 bridgehead atoms. The van der Waals surface area contributed by atoms with E-state index in [2.05, 4.69) is 5.32 Å². The van der Waals surface area contributed by atoms with Crippen LogP contribution in [0.4, 0.5) is 0 Å². The fraction of sp³-hybridized carbons (Fsp3) is 0.438. The summed E-state index contributed by atoms with van der Waals surface area (Å²) in [4.78, 5) is 11.8. The summed E-state index contributed by atoms with van der Waals surface area (Å²) in [7, 11) is 0. The topological polar surface area (TPSA) is 49.3 Å². The van der Waals surface area contributed by atoms with Crippen LogP contribution in [0.2, 0.25) is 0 Å². The molecule has 2 aromatic rings. The molecule has 4 heteroatoms. The monoisotopic (exact) mass is 289 g/mol. The number of aromatic carboxylic acids is 1. The Bertz CT molecular complexity index is 616. The zero-order valence-electron chi connectivity index (χ0n) is 11.4. The quantitative estimate of drug-likeness (QED) is 0.760. The molecule has 0 saturated heterocycles. The summed E-state index contributed by atoms with van der Waals surface area (Å²) in [6.45, 7) is 1.62. The van der Waals surface area contributed by atoms with Gasteiger partial charge in [-0.3, -0.25) is 0 Å². The van der Waals surface area contributed by atoms with Gasteiger partial charge in [0.15, 0.2) is 0 Å². The molecule has 0 spiro atoms. The van der Waals surface area contributed by atoms with Crippen LogP contribution in [0.25, 0.3) is 10.1 Å². The molecule has 0 radical (unpaired) electrons. The minimum atomic E-state index is -0.819. The standard InChI is InChI=1S/C16H19NO2S/c18-16(19)15-13(10-17-9-3-4-11-7-8-11)12-5-1-2-6-14(12)20-15/h1-2,5-6,11,17H,3-4,7-10H2,(H,18,19). The maximum atomic E-state index is 11.4. The van der Waals surface area contributed by atoms with Crippen LogP contribution in [0.15, 0.2) is 24.3 Å². The maximum absolute atomic E-state index is 11.4. The van der Waals surface area contributed by atoms with Crippen LogP contribution in [0.5, 0.6) is 0 Å². The second-order valence-corrected chi connectivity index (χ2v) is 6.53. The van der Waals surface area contributed by atoms with Crippen LogP contribution in [0.3, 0.4) is 0 Å². The molecule has 20 heavy (non-hydrogen) atoms. The summed E-state index contributed by atoms with van der Waals surface area (Å²) < 4.78 is 1.06. The third-order valence-electron chi connectivity index (χ3n) is 3.86. The summed E-state index contributed by atoms with van der Waals surface area (Å²) in [5.41, 5.74) is 0.935. The van der Waals surface area contributed by atoms with E-state index in [1.165, 1.54) is 37.0 Å². The van der Waals surface area contributed by atoms with Gasteiger partial charge in [0.25, 0.3) is 0 Å². The second-order valence-electron chi connectivity index (χ2n) is 5.47. The lowest BCUT2D eigenvalue weighted by Crippen LogP contribution is -2.16. The zero-order chi connectivity index (χ0) is 13.9. The van der Waals surface area contributed by atoms with Crippen LogP contribution in [-0.4, -0.2) is 17.6 Å². The lowest BCUT2D eigenvalue weighted by Gasteiger charge is -2.05. The van der Waals surface area contributed by atoms with Gasteiger partial charge in [0.2, 0.25) is 0 Å². The van der Waals surface area contributed by atoms with Gasteiger partial charge in [0, 0.05) is 11.2 Å². The van der Waals surface area contributed by atoms with E-state index in [1.54, 1.807) is 0 Å². The van der Waals surface area contributed by atoms with Crippen molar-refractivity contribution in [2.24, 2.45) is 5.92 Å². The number of benzene rings is 1. The smallest absolute Gasteiger partial charge is 0.346 e. The lowest BCUT2D eigenvalue weighted by atomic mass is 10.1. The maximum Gasteiger partial charge on any atom is 0.346 e. The molecular weight excluding hydrogens is 270 g/mol. The summed E-state index contributed by atoms with van der Waals surface area (Å²) >= 11 is 1.37. The molecule has 1 aromatic carbocycles. The fourth-order valence-electron chi connectivity index (χ4n) is 2.58. The molecular formula is C16H19NO2S. The molecule has 0 aliphatic heterocycles. The molecule has 1 aliphatic rings. The number of hydrogen-bond acceptors (Lipinski definition) is 3. The van der Waals surface area contributed by atoms with E-state index in [0.717, 1.165) is 28.1 Å².